The van der Waals surface area contributed by atoms with Crippen molar-refractivity contribution in [3.05, 3.63) is 72.4 Å². The van der Waals surface area contributed by atoms with Crippen LogP contribution in [0.4, 0.5) is 0 Å². The number of carbonyl (C=O) groups is 8. The molecule has 0 aromatic carbocycles. The summed E-state index contributed by atoms with van der Waals surface area (Å²) >= 11 is 0. The van der Waals surface area contributed by atoms with Gasteiger partial charge in [-0.1, -0.05) is 42.7 Å². The fourth-order valence-corrected chi connectivity index (χ4v) is 9.22. The van der Waals surface area contributed by atoms with Crippen molar-refractivity contribution < 1.29 is 96.3 Å². The first kappa shape index (κ1) is 49.5. The van der Waals surface area contributed by atoms with E-state index >= 15 is 0 Å². The Hall–Kier alpha value is -6.18. The molecule has 2 fully saturated rings. The second-order valence-corrected chi connectivity index (χ2v) is 16.3. The number of aliphatic carboxylic acids is 8. The Morgan fingerprint density at radius 2 is 1.11 bits per heavy atom. The third-order valence-electron chi connectivity index (χ3n) is 12.1. The molecule has 21 heteroatoms. The Kier molecular flexibility index (Phi) is 15.6. The number of rotatable bonds is 20. The summed E-state index contributed by atoms with van der Waals surface area (Å²) in [6.07, 6.45) is 0.438. The van der Waals surface area contributed by atoms with Gasteiger partial charge in [0.25, 0.3) is 0 Å². The predicted octanol–water partition coefficient (Wildman–Crippen LogP) is 2.17. The summed E-state index contributed by atoms with van der Waals surface area (Å²) in [5.74, 6) is -12.0. The van der Waals surface area contributed by atoms with E-state index in [2.05, 4.69) is 0 Å². The first-order valence-corrected chi connectivity index (χ1v) is 19.7. The van der Waals surface area contributed by atoms with Crippen LogP contribution >= 0.6 is 0 Å². The molecule has 3 aliphatic heterocycles. The SMILES string of the molecule is C[C@@]1(CC(=O)O)/C2=C/[C@H]3[N-]C(/C=c4/[n-]/c(c(CCC(=O)O)c4CC(=O)O)=C/c4[n-]c(c(CC(=O)O)c4CCC(=O)O)/C=C(/[N-]2)[C@H]1CCC(=O)O)[C@@](C)(CC(=O)O)[C@@H]3CCC(=O)O.[Fe+4]. The van der Waals surface area contributed by atoms with Crippen molar-refractivity contribution in [3.8, 4) is 0 Å². The minimum absolute atomic E-state index is 0. The summed E-state index contributed by atoms with van der Waals surface area (Å²) < 4.78 is 0. The second-order valence-electron chi connectivity index (χ2n) is 16.3. The van der Waals surface area contributed by atoms with E-state index in [9.17, 15) is 79.2 Å². The Labute approximate surface area is 369 Å². The number of aromatic nitrogens is 2. The van der Waals surface area contributed by atoms with Gasteiger partial charge < -0.3 is 61.5 Å². The standard InChI is InChI=1S/C42H46N4O16.Fe/c1-41(17-39(59)60)23(5-9-35(51)52)29-14-27-21(11-37(55)56)19(3-7-33(47)48)25(43-27)13-26-20(4-8-34(49)50)22(12-38(57)58)28(44-26)15-31-42(2,18-40(61)62)24(6-10-36(53)54)30(46-31)16-32(41)45-29;/h13-16,23-24,30-31H,3-12,17-18H2,1-2H3,(H,47,48)(H,49,50)(H,51,52)(H,53,54)(H,55,56)(H,57,58)(H,59,60)(H,61,62);/q-4;+4/b26-13+,28-15+,29-14+,32-16-;/t23-,24-,30-,31?,41+,42+;/m1./s1. The van der Waals surface area contributed by atoms with Crippen LogP contribution in [0.3, 0.4) is 0 Å². The van der Waals surface area contributed by atoms with Gasteiger partial charge in [0.15, 0.2) is 0 Å². The van der Waals surface area contributed by atoms with Crippen molar-refractivity contribution in [2.24, 2.45) is 22.7 Å². The molecule has 2 saturated heterocycles. The minimum Gasteiger partial charge on any atom is -0.664 e. The number of carboxylic acid groups (broad SMARTS) is 8. The Morgan fingerprint density at radius 1 is 0.571 bits per heavy atom. The summed E-state index contributed by atoms with van der Waals surface area (Å²) in [5, 5.41) is 89.5. The van der Waals surface area contributed by atoms with Crippen LogP contribution in [-0.2, 0) is 81.1 Å². The smallest absolute Gasteiger partial charge is 0.664 e. The maximum atomic E-state index is 12.6. The molecule has 8 bridgehead atoms. The van der Waals surface area contributed by atoms with Gasteiger partial charge in [-0.15, -0.1) is 46.3 Å². The van der Waals surface area contributed by atoms with Gasteiger partial charge in [-0.2, -0.15) is 11.4 Å². The molecule has 1 unspecified atom stereocenters. The van der Waals surface area contributed by atoms with E-state index < -0.39 is 134 Å². The summed E-state index contributed by atoms with van der Waals surface area (Å²) in [6, 6.07) is -2.18. The van der Waals surface area contributed by atoms with E-state index in [4.69, 9.17) is 20.6 Å². The topological polar surface area (TPSA) is 355 Å². The number of carboxylic acids is 8. The molecule has 63 heavy (non-hydrogen) atoms. The average Bonchev–Trinajstić information content (AvgIpc) is 3.77. The van der Waals surface area contributed by atoms with Crippen molar-refractivity contribution in [1.29, 1.82) is 0 Å². The summed E-state index contributed by atoms with van der Waals surface area (Å²) in [5.41, 5.74) is -2.29. The van der Waals surface area contributed by atoms with Gasteiger partial charge in [0.2, 0.25) is 0 Å². The molecule has 3 aliphatic rings. The zero-order chi connectivity index (χ0) is 45.8. The zero-order valence-corrected chi connectivity index (χ0v) is 35.2. The van der Waals surface area contributed by atoms with Crippen molar-refractivity contribution in [2.45, 2.75) is 103 Å². The van der Waals surface area contributed by atoms with E-state index in [1.165, 1.54) is 24.3 Å². The first-order chi connectivity index (χ1) is 29.0. The zero-order valence-electron chi connectivity index (χ0n) is 34.1. The Bertz CT molecular complexity index is 2400. The first-order valence-electron chi connectivity index (χ1n) is 19.7. The average molecular weight is 919 g/mol. The van der Waals surface area contributed by atoms with Gasteiger partial charge in [0.1, 0.15) is 0 Å². The quantitative estimate of drug-likeness (QED) is 0.0882. The van der Waals surface area contributed by atoms with Gasteiger partial charge in [0.05, 0.1) is 19.3 Å². The van der Waals surface area contributed by atoms with Crippen LogP contribution in [0.1, 0.15) is 98.9 Å². The largest absolute Gasteiger partial charge is 4.00 e. The molecule has 2 aromatic rings. The number of hydrogen-bond acceptors (Lipinski definition) is 8. The number of fused-ring (bicyclic) bond motifs is 8. The van der Waals surface area contributed by atoms with Crippen LogP contribution < -0.4 is 20.7 Å². The predicted molar refractivity (Wildman–Crippen MR) is 213 cm³/mol. The van der Waals surface area contributed by atoms with Crippen LogP contribution in [0.15, 0.2) is 17.5 Å². The second kappa shape index (κ2) is 19.9. The fraction of sp³-hybridized carbons (Fsp3) is 0.476. The van der Waals surface area contributed by atoms with Crippen LogP contribution in [0.25, 0.3) is 28.9 Å². The molecule has 20 nitrogen and oxygen atoms in total. The van der Waals surface area contributed by atoms with Gasteiger partial charge >= 0.3 is 64.8 Å². The van der Waals surface area contributed by atoms with Gasteiger partial charge in [-0.05, 0) is 53.9 Å². The minimum atomic E-state index is -1.48. The number of allylic oxidation sites excluding steroid dienone is 2. The normalized spacial score (nSPS) is 26.2. The number of hydrogen-bond donors (Lipinski definition) is 8. The monoisotopic (exact) mass is 918 g/mol. The maximum Gasteiger partial charge on any atom is 4.00 e. The van der Waals surface area contributed by atoms with E-state index in [-0.39, 0.29) is 98.5 Å². The maximum absolute atomic E-state index is 12.6. The summed E-state index contributed by atoms with van der Waals surface area (Å²) in [4.78, 5) is 107. The number of nitrogens with zero attached hydrogens (tertiary/aromatic N) is 4. The van der Waals surface area contributed by atoms with Crippen molar-refractivity contribution in [1.82, 2.24) is 9.97 Å². The Balaban J connectivity index is 0.00000871. The van der Waals surface area contributed by atoms with E-state index in [0.29, 0.717) is 0 Å². The van der Waals surface area contributed by atoms with Gasteiger partial charge in [0, 0.05) is 32.1 Å². The molecule has 0 amide bonds. The molecule has 2 aromatic heterocycles. The van der Waals surface area contributed by atoms with E-state index in [1.54, 1.807) is 13.8 Å². The molecule has 0 radical (unpaired) electrons. The molecule has 5 rings (SSSR count). The Morgan fingerprint density at radius 3 is 1.67 bits per heavy atom. The molecule has 5 heterocycles. The third kappa shape index (κ3) is 11.3. The van der Waals surface area contributed by atoms with Crippen molar-refractivity contribution >= 4 is 66.0 Å². The van der Waals surface area contributed by atoms with E-state index in [0.717, 1.165) is 0 Å². The van der Waals surface area contributed by atoms with Crippen LogP contribution in [-0.4, -0.2) is 101 Å². The molecular formula is C42H46FeN4O16. The molecule has 0 spiro atoms. The van der Waals surface area contributed by atoms with Gasteiger partial charge in [-0.25, -0.2) is 0 Å². The van der Waals surface area contributed by atoms with Crippen LogP contribution in [0, 0.1) is 22.7 Å². The summed E-state index contributed by atoms with van der Waals surface area (Å²) in [7, 11) is 0. The molecule has 0 aliphatic carbocycles. The van der Waals surface area contributed by atoms with Crippen molar-refractivity contribution in [2.75, 3.05) is 0 Å². The van der Waals surface area contributed by atoms with Crippen molar-refractivity contribution in [3.63, 3.8) is 0 Å². The van der Waals surface area contributed by atoms with Crippen LogP contribution in [0.2, 0.25) is 0 Å². The molecule has 8 N–H and O–H groups in total. The van der Waals surface area contributed by atoms with Gasteiger partial charge in [-0.3, -0.25) is 38.4 Å². The third-order valence-corrected chi connectivity index (χ3v) is 12.1. The molecule has 0 saturated carbocycles. The summed E-state index contributed by atoms with van der Waals surface area (Å²) in [6.45, 7) is 3.14. The molecule has 338 valence electrons. The molecular weight excluding hydrogens is 872 g/mol. The van der Waals surface area contributed by atoms with Crippen LogP contribution in [0.5, 0.6) is 0 Å². The molecule has 6 atom stereocenters. The fourth-order valence-electron chi connectivity index (χ4n) is 9.22. The van der Waals surface area contributed by atoms with E-state index in [1.807, 2.05) is 0 Å².